The Morgan fingerprint density at radius 2 is 1.97 bits per heavy atom. The molecule has 0 aliphatic heterocycles. The number of nitrogens with one attached hydrogen (secondary N) is 3. The fourth-order valence-electron chi connectivity index (χ4n) is 4.24. The van der Waals surface area contributed by atoms with Gasteiger partial charge >= 0.3 is 0 Å². The van der Waals surface area contributed by atoms with Crippen LogP contribution in [-0.4, -0.2) is 50.8 Å². The van der Waals surface area contributed by atoms with Crippen molar-refractivity contribution >= 4 is 35.8 Å². The number of guanidine groups is 1. The lowest BCUT2D eigenvalue weighted by atomic mass is 9.83. The van der Waals surface area contributed by atoms with Crippen LogP contribution in [0.1, 0.15) is 64.4 Å². The smallest absolute Gasteiger partial charge is 0.258 e. The normalized spacial score (nSPS) is 17.2. The van der Waals surface area contributed by atoms with E-state index in [1.165, 1.54) is 25.7 Å². The lowest BCUT2D eigenvalue weighted by Crippen LogP contribution is -2.43. The SMILES string of the molecule is CCNC(=NCc1cccc(OCC(=O)NC2CC2)c1)NCC1(CCOCC)CCCC1.I. The fraction of sp³-hybridized carbons (Fsp3) is 0.680. The second-order valence-electron chi connectivity index (χ2n) is 8.98. The van der Waals surface area contributed by atoms with Gasteiger partial charge in [0.1, 0.15) is 5.75 Å². The Balaban J connectivity index is 0.00000385. The average Bonchev–Trinajstić information content (AvgIpc) is 3.49. The van der Waals surface area contributed by atoms with E-state index in [2.05, 4.69) is 29.8 Å². The van der Waals surface area contributed by atoms with Crippen LogP contribution in [0.5, 0.6) is 5.75 Å². The van der Waals surface area contributed by atoms with E-state index in [1.807, 2.05) is 24.3 Å². The minimum Gasteiger partial charge on any atom is -0.484 e. The van der Waals surface area contributed by atoms with Crippen molar-refractivity contribution in [2.75, 3.05) is 32.9 Å². The van der Waals surface area contributed by atoms with Gasteiger partial charge in [0.2, 0.25) is 0 Å². The molecule has 2 fully saturated rings. The number of amides is 1. The molecule has 8 heteroatoms. The number of carbonyl (C=O) groups excluding carboxylic acids is 1. The van der Waals surface area contributed by atoms with Gasteiger partial charge in [0, 0.05) is 32.3 Å². The highest BCUT2D eigenvalue weighted by atomic mass is 127. The molecule has 2 aliphatic carbocycles. The van der Waals surface area contributed by atoms with E-state index in [4.69, 9.17) is 14.5 Å². The van der Waals surface area contributed by atoms with Crippen molar-refractivity contribution in [1.82, 2.24) is 16.0 Å². The fourth-order valence-corrected chi connectivity index (χ4v) is 4.24. The van der Waals surface area contributed by atoms with Crippen molar-refractivity contribution in [1.29, 1.82) is 0 Å². The molecule has 1 amide bonds. The van der Waals surface area contributed by atoms with Gasteiger partial charge in [-0.1, -0.05) is 25.0 Å². The molecule has 1 aromatic carbocycles. The number of carbonyl (C=O) groups is 1. The summed E-state index contributed by atoms with van der Waals surface area (Å²) in [6.07, 6.45) is 8.35. The Morgan fingerprint density at radius 3 is 2.67 bits per heavy atom. The Morgan fingerprint density at radius 1 is 1.18 bits per heavy atom. The van der Waals surface area contributed by atoms with Crippen LogP contribution in [0.25, 0.3) is 0 Å². The second kappa shape index (κ2) is 14.7. The molecule has 0 unspecified atom stereocenters. The number of halogens is 1. The van der Waals surface area contributed by atoms with E-state index >= 15 is 0 Å². The van der Waals surface area contributed by atoms with E-state index in [0.717, 1.165) is 57.1 Å². The molecule has 0 saturated heterocycles. The maximum absolute atomic E-state index is 11.8. The van der Waals surface area contributed by atoms with E-state index < -0.39 is 0 Å². The molecule has 7 nitrogen and oxygen atoms in total. The van der Waals surface area contributed by atoms with E-state index in [1.54, 1.807) is 0 Å². The molecule has 0 radical (unpaired) electrons. The molecule has 186 valence electrons. The minimum absolute atomic E-state index is 0. The van der Waals surface area contributed by atoms with Gasteiger partial charge in [-0.25, -0.2) is 4.99 Å². The first-order valence-corrected chi connectivity index (χ1v) is 12.2. The van der Waals surface area contributed by atoms with Crippen molar-refractivity contribution in [3.05, 3.63) is 29.8 Å². The molecule has 1 aromatic rings. The van der Waals surface area contributed by atoms with Gasteiger partial charge in [0.05, 0.1) is 6.54 Å². The molecule has 3 N–H and O–H groups in total. The van der Waals surface area contributed by atoms with Gasteiger partial charge < -0.3 is 25.4 Å². The number of hydrogen-bond donors (Lipinski definition) is 3. The number of benzene rings is 1. The van der Waals surface area contributed by atoms with Crippen LogP contribution >= 0.6 is 24.0 Å². The zero-order chi connectivity index (χ0) is 22.7. The van der Waals surface area contributed by atoms with Crippen molar-refractivity contribution in [3.8, 4) is 5.75 Å². The van der Waals surface area contributed by atoms with Crippen LogP contribution < -0.4 is 20.7 Å². The summed E-state index contributed by atoms with van der Waals surface area (Å²) in [5.74, 6) is 1.48. The lowest BCUT2D eigenvalue weighted by molar-refractivity contribution is -0.123. The molecule has 0 bridgehead atoms. The summed E-state index contributed by atoms with van der Waals surface area (Å²) in [4.78, 5) is 16.6. The third-order valence-corrected chi connectivity index (χ3v) is 6.25. The first-order chi connectivity index (χ1) is 15.6. The monoisotopic (exact) mass is 572 g/mol. The predicted octanol–water partition coefficient (Wildman–Crippen LogP) is 4.00. The molecule has 0 atom stereocenters. The number of rotatable bonds is 13. The van der Waals surface area contributed by atoms with Crippen LogP contribution in [0.15, 0.2) is 29.3 Å². The number of nitrogens with zero attached hydrogens (tertiary/aromatic N) is 1. The highest BCUT2D eigenvalue weighted by Gasteiger charge is 2.33. The zero-order valence-corrected chi connectivity index (χ0v) is 22.5. The van der Waals surface area contributed by atoms with Gasteiger partial charge in [-0.3, -0.25) is 4.79 Å². The third-order valence-electron chi connectivity index (χ3n) is 6.25. The predicted molar refractivity (Wildman–Crippen MR) is 143 cm³/mol. The van der Waals surface area contributed by atoms with Crippen molar-refractivity contribution in [2.45, 2.75) is 71.4 Å². The topological polar surface area (TPSA) is 84.0 Å². The summed E-state index contributed by atoms with van der Waals surface area (Å²) in [6.45, 7) is 8.09. The Bertz CT molecular complexity index is 749. The standard InChI is InChI=1S/C25H40N4O3.HI/c1-3-26-24(28-19-25(12-5-6-13-25)14-15-31-4-2)27-17-20-8-7-9-22(16-20)32-18-23(30)29-21-10-11-21;/h7-9,16,21H,3-6,10-15,17-19H2,1-2H3,(H,29,30)(H2,26,27,28);1H. The van der Waals surface area contributed by atoms with Crippen molar-refractivity contribution in [2.24, 2.45) is 10.4 Å². The highest BCUT2D eigenvalue weighted by Crippen LogP contribution is 2.40. The molecule has 2 saturated carbocycles. The van der Waals surface area contributed by atoms with Gasteiger partial charge in [-0.05, 0) is 69.1 Å². The molecule has 0 spiro atoms. The quantitative estimate of drug-likeness (QED) is 0.144. The van der Waals surface area contributed by atoms with Gasteiger partial charge in [0.25, 0.3) is 5.91 Å². The first kappa shape index (κ1) is 27.7. The molecular formula is C25H41IN4O3. The van der Waals surface area contributed by atoms with Crippen molar-refractivity contribution in [3.63, 3.8) is 0 Å². The molecule has 33 heavy (non-hydrogen) atoms. The van der Waals surface area contributed by atoms with Crippen LogP contribution in [-0.2, 0) is 16.1 Å². The lowest BCUT2D eigenvalue weighted by Gasteiger charge is -2.30. The minimum atomic E-state index is -0.0558. The number of aliphatic imine (C=N–C) groups is 1. The summed E-state index contributed by atoms with van der Waals surface area (Å²) in [7, 11) is 0. The first-order valence-electron chi connectivity index (χ1n) is 12.2. The number of ether oxygens (including phenoxy) is 2. The van der Waals surface area contributed by atoms with Crippen molar-refractivity contribution < 1.29 is 14.3 Å². The maximum atomic E-state index is 11.8. The van der Waals surface area contributed by atoms with Crippen LogP contribution in [0.2, 0.25) is 0 Å². The zero-order valence-electron chi connectivity index (χ0n) is 20.2. The van der Waals surface area contributed by atoms with Crippen LogP contribution in [0.3, 0.4) is 0 Å². The van der Waals surface area contributed by atoms with E-state index in [0.29, 0.717) is 23.8 Å². The maximum Gasteiger partial charge on any atom is 0.258 e. The van der Waals surface area contributed by atoms with E-state index in [9.17, 15) is 4.79 Å². The van der Waals surface area contributed by atoms with Gasteiger partial charge in [-0.15, -0.1) is 24.0 Å². The Labute approximate surface area is 215 Å². The largest absolute Gasteiger partial charge is 0.484 e. The molecule has 2 aliphatic rings. The molecule has 0 aromatic heterocycles. The highest BCUT2D eigenvalue weighted by molar-refractivity contribution is 14.0. The van der Waals surface area contributed by atoms with Gasteiger partial charge in [0.15, 0.2) is 12.6 Å². The number of hydrogen-bond acceptors (Lipinski definition) is 4. The second-order valence-corrected chi connectivity index (χ2v) is 8.98. The summed E-state index contributed by atoms with van der Waals surface area (Å²) in [5.41, 5.74) is 1.36. The Kier molecular flexibility index (Phi) is 12.3. The average molecular weight is 573 g/mol. The van der Waals surface area contributed by atoms with Crippen LogP contribution in [0, 0.1) is 5.41 Å². The van der Waals surface area contributed by atoms with Gasteiger partial charge in [-0.2, -0.15) is 0 Å². The molecule has 3 rings (SSSR count). The summed E-state index contributed by atoms with van der Waals surface area (Å²) < 4.78 is 11.3. The molecular weight excluding hydrogens is 531 g/mol. The summed E-state index contributed by atoms with van der Waals surface area (Å²) >= 11 is 0. The van der Waals surface area contributed by atoms with Crippen LogP contribution in [0.4, 0.5) is 0 Å². The summed E-state index contributed by atoms with van der Waals surface area (Å²) in [5, 5.41) is 9.88. The Hall–Kier alpha value is -1.55. The van der Waals surface area contributed by atoms with E-state index in [-0.39, 0.29) is 36.5 Å². The summed E-state index contributed by atoms with van der Waals surface area (Å²) in [6, 6.07) is 8.17. The third kappa shape index (κ3) is 10.1. The molecule has 0 heterocycles.